The summed E-state index contributed by atoms with van der Waals surface area (Å²) in [6.45, 7) is 7.91. The highest BCUT2D eigenvalue weighted by atomic mass is 16.5. The topological polar surface area (TPSA) is 95.9 Å². The van der Waals surface area contributed by atoms with Crippen molar-refractivity contribution >= 4 is 17.8 Å². The van der Waals surface area contributed by atoms with E-state index < -0.39 is 17.9 Å². The van der Waals surface area contributed by atoms with Gasteiger partial charge in [-0.05, 0) is 47.9 Å². The lowest BCUT2D eigenvalue weighted by Gasteiger charge is -2.36. The lowest BCUT2D eigenvalue weighted by molar-refractivity contribution is -0.154. The second-order valence-corrected chi connectivity index (χ2v) is 11.2. The number of esters is 1. The van der Waals surface area contributed by atoms with Crippen molar-refractivity contribution in [1.82, 2.24) is 10.2 Å². The highest BCUT2D eigenvalue weighted by Gasteiger charge is 2.32. The molecule has 0 aromatic heterocycles. The molecule has 3 aromatic carbocycles. The predicted octanol–water partition coefficient (Wildman–Crippen LogP) is 5.35. The number of hydrogen-bond acceptors (Lipinski definition) is 5. The van der Waals surface area contributed by atoms with Crippen molar-refractivity contribution in [3.63, 3.8) is 0 Å². The first-order valence-electron chi connectivity index (χ1n) is 15.2. The number of hydrogen-bond donors (Lipinski definition) is 2. The second-order valence-electron chi connectivity index (χ2n) is 11.2. The van der Waals surface area contributed by atoms with Gasteiger partial charge >= 0.3 is 5.97 Å². The van der Waals surface area contributed by atoms with Crippen molar-refractivity contribution in [2.24, 2.45) is 11.8 Å². The number of amides is 2. The monoisotopic (exact) mass is 594 g/mol. The maximum atomic E-state index is 13.5. The third-order valence-electron chi connectivity index (χ3n) is 8.13. The molecule has 3 aromatic rings. The Morgan fingerprint density at radius 1 is 0.886 bits per heavy atom. The molecule has 0 bridgehead atoms. The van der Waals surface area contributed by atoms with Gasteiger partial charge in [0.2, 0.25) is 11.8 Å². The molecule has 2 amide bonds. The number of benzene rings is 3. The van der Waals surface area contributed by atoms with Gasteiger partial charge in [0.05, 0.1) is 31.0 Å². The van der Waals surface area contributed by atoms with E-state index in [1.165, 1.54) is 0 Å². The molecule has 0 fully saturated rings. The third kappa shape index (κ3) is 8.77. The highest BCUT2D eigenvalue weighted by Crippen LogP contribution is 2.26. The zero-order valence-electron chi connectivity index (χ0n) is 25.1. The maximum absolute atomic E-state index is 13.5. The van der Waals surface area contributed by atoms with Gasteiger partial charge in [-0.1, -0.05) is 97.1 Å². The number of rotatable bonds is 15. The minimum absolute atomic E-state index is 0.0230. The van der Waals surface area contributed by atoms with E-state index in [-0.39, 0.29) is 43.4 Å². The Bertz CT molecular complexity index is 1410. The zero-order chi connectivity index (χ0) is 31.3. The van der Waals surface area contributed by atoms with Crippen LogP contribution < -0.4 is 5.32 Å². The molecule has 0 aliphatic carbocycles. The van der Waals surface area contributed by atoms with Gasteiger partial charge in [-0.15, -0.1) is 13.2 Å². The molecule has 0 saturated heterocycles. The van der Waals surface area contributed by atoms with Crippen LogP contribution in [0, 0.1) is 11.8 Å². The minimum Gasteiger partial charge on any atom is -0.455 e. The van der Waals surface area contributed by atoms with Crippen LogP contribution in [0.15, 0.2) is 110 Å². The van der Waals surface area contributed by atoms with Crippen LogP contribution in [0.4, 0.5) is 0 Å². The quantitative estimate of drug-likeness (QED) is 0.183. The molecule has 7 nitrogen and oxygen atoms in total. The number of carbonyl (C=O) groups excluding carboxylic acids is 3. The van der Waals surface area contributed by atoms with Crippen molar-refractivity contribution in [2.45, 2.75) is 50.8 Å². The smallest absolute Gasteiger partial charge is 0.310 e. The number of aliphatic hydroxyl groups is 1. The van der Waals surface area contributed by atoms with Crippen molar-refractivity contribution in [3.05, 3.63) is 132 Å². The van der Waals surface area contributed by atoms with Crippen molar-refractivity contribution in [1.29, 1.82) is 0 Å². The predicted molar refractivity (Wildman–Crippen MR) is 171 cm³/mol. The number of carbonyl (C=O) groups is 3. The molecule has 1 aliphatic heterocycles. The molecule has 7 heteroatoms. The number of nitrogens with zero attached hydrogens (tertiary/aromatic N) is 1. The second kappa shape index (κ2) is 16.4. The van der Waals surface area contributed by atoms with E-state index in [0.717, 1.165) is 22.3 Å². The average molecular weight is 595 g/mol. The van der Waals surface area contributed by atoms with Crippen molar-refractivity contribution in [2.75, 3.05) is 13.2 Å². The van der Waals surface area contributed by atoms with E-state index in [1.807, 2.05) is 84.9 Å². The van der Waals surface area contributed by atoms with E-state index in [4.69, 9.17) is 4.74 Å². The van der Waals surface area contributed by atoms with Crippen LogP contribution in [0.3, 0.4) is 0 Å². The molecule has 1 aliphatic rings. The molecule has 0 radical (unpaired) electrons. The molecule has 2 N–H and O–H groups in total. The van der Waals surface area contributed by atoms with Crippen LogP contribution in [-0.4, -0.2) is 47.0 Å². The molecule has 4 rings (SSSR count). The molecule has 230 valence electrons. The van der Waals surface area contributed by atoms with E-state index >= 15 is 0 Å². The first-order chi connectivity index (χ1) is 21.4. The van der Waals surface area contributed by atoms with Crippen molar-refractivity contribution < 1.29 is 24.2 Å². The van der Waals surface area contributed by atoms with Gasteiger partial charge in [-0.2, -0.15) is 0 Å². The SMILES string of the molecule is C=CC[C@@H](CC(=O)N1Cc2ccccc2C[C@H]1CO)C(=O)NC[C@@H](OC(=O)[C@H](CC=C)Cc1ccccc1)c1ccccc1. The summed E-state index contributed by atoms with van der Waals surface area (Å²) in [6.07, 6.45) is 4.45. The van der Waals surface area contributed by atoms with Crippen LogP contribution in [-0.2, 0) is 38.5 Å². The fraction of sp³-hybridized carbons (Fsp3) is 0.324. The van der Waals surface area contributed by atoms with Crippen LogP contribution in [0.5, 0.6) is 0 Å². The Labute approximate surface area is 260 Å². The molecule has 0 saturated carbocycles. The van der Waals surface area contributed by atoms with Crippen molar-refractivity contribution in [3.8, 4) is 0 Å². The lowest BCUT2D eigenvalue weighted by Crippen LogP contribution is -2.47. The summed E-state index contributed by atoms with van der Waals surface area (Å²) in [5.74, 6) is -1.96. The Morgan fingerprint density at radius 2 is 1.50 bits per heavy atom. The van der Waals surface area contributed by atoms with E-state index in [1.54, 1.807) is 17.1 Å². The Kier molecular flexibility index (Phi) is 12.1. The Hall–Kier alpha value is -4.49. The third-order valence-corrected chi connectivity index (χ3v) is 8.13. The van der Waals surface area contributed by atoms with Gasteiger partial charge in [0.15, 0.2) is 0 Å². The summed E-state index contributed by atoms with van der Waals surface area (Å²) in [5, 5.41) is 13.0. The number of nitrogens with one attached hydrogen (secondary N) is 1. The lowest BCUT2D eigenvalue weighted by atomic mass is 9.92. The summed E-state index contributed by atoms with van der Waals surface area (Å²) in [6, 6.07) is 26.6. The molecule has 4 atom stereocenters. The van der Waals surface area contributed by atoms with Gasteiger partial charge in [-0.3, -0.25) is 14.4 Å². The number of ether oxygens (including phenoxy) is 1. The number of aliphatic hydroxyl groups excluding tert-OH is 1. The fourth-order valence-corrected chi connectivity index (χ4v) is 5.69. The van der Waals surface area contributed by atoms with Gasteiger partial charge in [-0.25, -0.2) is 0 Å². The van der Waals surface area contributed by atoms with Gasteiger partial charge < -0.3 is 20.1 Å². The van der Waals surface area contributed by atoms with Gasteiger partial charge in [0.1, 0.15) is 6.10 Å². The summed E-state index contributed by atoms with van der Waals surface area (Å²) >= 11 is 0. The zero-order valence-corrected chi connectivity index (χ0v) is 25.1. The summed E-state index contributed by atoms with van der Waals surface area (Å²) in [4.78, 5) is 42.0. The first kappa shape index (κ1) is 32.4. The number of allylic oxidation sites excluding steroid dienone is 2. The Morgan fingerprint density at radius 3 is 2.16 bits per heavy atom. The molecule has 0 spiro atoms. The van der Waals surface area contributed by atoms with E-state index in [2.05, 4.69) is 18.5 Å². The standard InChI is InChI=1S/C37H42N2O5/c1-3-13-30(23-35(41)39-25-32-20-12-11-19-29(32)22-33(39)26-40)36(42)38-24-34(28-17-9-6-10-18-28)44-37(43)31(14-4-2)21-27-15-7-5-8-16-27/h3-12,15-20,30-31,33-34,40H,1-2,13-14,21-26H2,(H,38,42)/t30-,31+,33-,34+/m0/s1. The van der Waals surface area contributed by atoms with Crippen LogP contribution >= 0.6 is 0 Å². The van der Waals surface area contributed by atoms with Crippen LogP contribution in [0.2, 0.25) is 0 Å². The number of fused-ring (bicyclic) bond motifs is 1. The fourth-order valence-electron chi connectivity index (χ4n) is 5.69. The maximum Gasteiger partial charge on any atom is 0.310 e. The van der Waals surface area contributed by atoms with E-state index in [9.17, 15) is 19.5 Å². The van der Waals surface area contributed by atoms with Gasteiger partial charge in [0.25, 0.3) is 0 Å². The summed E-state index contributed by atoms with van der Waals surface area (Å²) < 4.78 is 6.03. The summed E-state index contributed by atoms with van der Waals surface area (Å²) in [5.41, 5.74) is 3.95. The average Bonchev–Trinajstić information content (AvgIpc) is 3.06. The molecule has 44 heavy (non-hydrogen) atoms. The molecular weight excluding hydrogens is 552 g/mol. The largest absolute Gasteiger partial charge is 0.455 e. The highest BCUT2D eigenvalue weighted by molar-refractivity contribution is 5.86. The molecule has 1 heterocycles. The van der Waals surface area contributed by atoms with Gasteiger partial charge in [0, 0.05) is 13.0 Å². The minimum atomic E-state index is -0.715. The molecule has 0 unspecified atom stereocenters. The van der Waals surface area contributed by atoms with Crippen LogP contribution in [0.25, 0.3) is 0 Å². The van der Waals surface area contributed by atoms with Crippen LogP contribution in [0.1, 0.15) is 47.6 Å². The van der Waals surface area contributed by atoms with E-state index in [0.29, 0.717) is 32.2 Å². The molecular formula is C37H42N2O5. The first-order valence-corrected chi connectivity index (χ1v) is 15.2. The Balaban J connectivity index is 1.43. The summed E-state index contributed by atoms with van der Waals surface area (Å²) in [7, 11) is 0. The normalized spacial score (nSPS) is 16.1.